The molecule has 0 atom stereocenters. The average Bonchev–Trinajstić information content (AvgIpc) is 2.68. The molecule has 0 unspecified atom stereocenters. The van der Waals surface area contributed by atoms with E-state index in [9.17, 15) is 18.1 Å². The van der Waals surface area contributed by atoms with Gasteiger partial charge in [0.2, 0.25) is 0 Å². The zero-order valence-electron chi connectivity index (χ0n) is 18.1. The summed E-state index contributed by atoms with van der Waals surface area (Å²) in [4.78, 5) is -0.358. The third kappa shape index (κ3) is 9.40. The Balaban J connectivity index is 0.00000450. The maximum atomic E-state index is 12.0. The second-order valence-electron chi connectivity index (χ2n) is 7.37. The van der Waals surface area contributed by atoms with E-state index in [0.29, 0.717) is 5.75 Å². The fourth-order valence-electron chi connectivity index (χ4n) is 3.28. The van der Waals surface area contributed by atoms with Gasteiger partial charge in [-0.3, -0.25) is 4.55 Å². The topological polar surface area (TPSA) is 86.7 Å². The van der Waals surface area contributed by atoms with Crippen LogP contribution in [0.2, 0.25) is 0 Å². The van der Waals surface area contributed by atoms with E-state index >= 15 is 0 Å². The van der Waals surface area contributed by atoms with Crippen molar-refractivity contribution in [3.05, 3.63) is 48.0 Å². The number of hydrogen-bond acceptors (Lipinski definition) is 4. The van der Waals surface area contributed by atoms with Crippen LogP contribution in [0.4, 0.5) is 0 Å². The Morgan fingerprint density at radius 1 is 0.867 bits per heavy atom. The second kappa shape index (κ2) is 14.1. The molecule has 0 amide bonds. The number of benzene rings is 2. The molecule has 2 aromatic carbocycles. The van der Waals surface area contributed by atoms with E-state index in [-0.39, 0.29) is 40.2 Å². The molecule has 2 rings (SSSR count). The zero-order valence-corrected chi connectivity index (χ0v) is 20.9. The van der Waals surface area contributed by atoms with Crippen molar-refractivity contribution in [2.75, 3.05) is 0 Å². The Bertz CT molecular complexity index is 868. The van der Waals surface area contributed by atoms with Crippen molar-refractivity contribution in [2.24, 2.45) is 0 Å². The Morgan fingerprint density at radius 2 is 1.47 bits per heavy atom. The summed E-state index contributed by atoms with van der Waals surface area (Å²) in [5, 5.41) is 12.0. The van der Waals surface area contributed by atoms with Gasteiger partial charge in [-0.15, -0.1) is 0 Å². The molecule has 0 aromatic heterocycles. The van der Waals surface area contributed by atoms with Crippen molar-refractivity contribution in [2.45, 2.75) is 76.0 Å². The van der Waals surface area contributed by atoms with Gasteiger partial charge in [-0.05, 0) is 30.5 Å². The number of aryl methyl sites for hydroxylation is 1. The molecule has 0 aliphatic rings. The van der Waals surface area contributed by atoms with Crippen LogP contribution < -0.4 is 39.4 Å². The van der Waals surface area contributed by atoms with Crippen LogP contribution in [-0.2, 0) is 16.5 Å². The van der Waals surface area contributed by atoms with Crippen LogP contribution in [0.3, 0.4) is 0 Å². The standard InChI is InChI=1S/C23H32O5S.Na/c1-2-3-4-5-6-7-8-9-10-13-19-14-11-12-15-22(19)28-23-18-20(29(25,26)27)16-17-21(23)24;/h11-12,14-18,24H,2-10,13H2,1H3,(H,25,26,27);/q;+1/p-1. The summed E-state index contributed by atoms with van der Waals surface area (Å²) in [6.45, 7) is 2.23. The monoisotopic (exact) mass is 442 g/mol. The van der Waals surface area contributed by atoms with Crippen LogP contribution >= 0.6 is 0 Å². The first kappa shape index (κ1) is 27.0. The molecule has 0 radical (unpaired) electrons. The molecule has 0 fully saturated rings. The molecule has 7 heteroatoms. The van der Waals surface area contributed by atoms with Crippen LogP contribution in [0.1, 0.15) is 70.3 Å². The van der Waals surface area contributed by atoms with E-state index < -0.39 is 15.9 Å². The van der Waals surface area contributed by atoms with Crippen LogP contribution in [0.15, 0.2) is 47.4 Å². The van der Waals surface area contributed by atoms with E-state index in [1.54, 1.807) is 6.07 Å². The minimum Gasteiger partial charge on any atom is -0.870 e. The first-order valence-corrected chi connectivity index (χ1v) is 11.9. The van der Waals surface area contributed by atoms with Gasteiger partial charge < -0.3 is 9.84 Å². The van der Waals surface area contributed by atoms with Crippen molar-refractivity contribution in [1.29, 1.82) is 0 Å². The minimum absolute atomic E-state index is 0. The van der Waals surface area contributed by atoms with Gasteiger partial charge in [-0.25, -0.2) is 0 Å². The van der Waals surface area contributed by atoms with Crippen molar-refractivity contribution in [3.63, 3.8) is 0 Å². The molecule has 0 saturated heterocycles. The first-order valence-electron chi connectivity index (χ1n) is 10.5. The average molecular weight is 443 g/mol. The van der Waals surface area contributed by atoms with Crippen molar-refractivity contribution < 1.29 is 52.4 Å². The summed E-state index contributed by atoms with van der Waals surface area (Å²) in [5.41, 5.74) is 0.979. The summed E-state index contributed by atoms with van der Waals surface area (Å²) in [7, 11) is -4.39. The predicted molar refractivity (Wildman–Crippen MR) is 113 cm³/mol. The van der Waals surface area contributed by atoms with E-state index in [1.165, 1.54) is 44.9 Å². The van der Waals surface area contributed by atoms with Gasteiger partial charge in [-0.1, -0.05) is 88.3 Å². The zero-order chi connectivity index (χ0) is 21.1. The third-order valence-electron chi connectivity index (χ3n) is 4.96. The minimum atomic E-state index is -4.39. The number of rotatable bonds is 13. The fraction of sp³-hybridized carbons (Fsp3) is 0.478. The molecule has 0 bridgehead atoms. The van der Waals surface area contributed by atoms with Gasteiger partial charge in [-0.2, -0.15) is 8.42 Å². The third-order valence-corrected chi connectivity index (χ3v) is 5.80. The fourth-order valence-corrected chi connectivity index (χ4v) is 3.78. The maximum absolute atomic E-state index is 12.0. The Morgan fingerprint density at radius 3 is 2.10 bits per heavy atom. The number of hydrogen-bond donors (Lipinski definition) is 1. The molecule has 0 aliphatic carbocycles. The molecule has 0 saturated carbocycles. The van der Waals surface area contributed by atoms with Gasteiger partial charge in [0.25, 0.3) is 10.1 Å². The van der Waals surface area contributed by atoms with Crippen LogP contribution in [0, 0.1) is 0 Å². The Hall–Kier alpha value is -1.05. The molecule has 1 N–H and O–H groups in total. The van der Waals surface area contributed by atoms with Crippen molar-refractivity contribution >= 4 is 10.1 Å². The quantitative estimate of drug-likeness (QED) is 0.293. The van der Waals surface area contributed by atoms with Gasteiger partial charge >= 0.3 is 29.6 Å². The van der Waals surface area contributed by atoms with E-state index in [2.05, 4.69) is 6.92 Å². The molecule has 0 aliphatic heterocycles. The SMILES string of the molecule is CCCCCCCCCCCc1ccccc1Oc1cc(S(=O)(=O)O)ccc1[O-].[Na+]. The molecular formula is C23H31NaO5S. The molecule has 30 heavy (non-hydrogen) atoms. The molecular weight excluding hydrogens is 411 g/mol. The number of unbranched alkanes of at least 4 members (excludes halogenated alkanes) is 8. The smallest absolute Gasteiger partial charge is 0.870 e. The normalized spacial score (nSPS) is 11.1. The summed E-state index contributed by atoms with van der Waals surface area (Å²) in [6, 6.07) is 10.7. The molecule has 0 heterocycles. The Kier molecular flexibility index (Phi) is 12.7. The van der Waals surface area contributed by atoms with Gasteiger partial charge in [0.1, 0.15) is 11.5 Å². The van der Waals surface area contributed by atoms with Crippen LogP contribution in [-0.4, -0.2) is 13.0 Å². The molecule has 160 valence electrons. The number of ether oxygens (including phenoxy) is 1. The van der Waals surface area contributed by atoms with Crippen LogP contribution in [0.25, 0.3) is 0 Å². The molecule has 5 nitrogen and oxygen atoms in total. The van der Waals surface area contributed by atoms with E-state index in [1.807, 2.05) is 18.2 Å². The van der Waals surface area contributed by atoms with Crippen LogP contribution in [0.5, 0.6) is 17.2 Å². The van der Waals surface area contributed by atoms with Crippen molar-refractivity contribution in [3.8, 4) is 17.2 Å². The predicted octanol–water partition coefficient (Wildman–Crippen LogP) is 2.88. The Labute approximate surface area is 202 Å². The second-order valence-corrected chi connectivity index (χ2v) is 8.79. The molecule has 2 aromatic rings. The summed E-state index contributed by atoms with van der Waals surface area (Å²) >= 11 is 0. The number of para-hydroxylation sites is 1. The van der Waals surface area contributed by atoms with Crippen molar-refractivity contribution in [1.82, 2.24) is 0 Å². The summed E-state index contributed by atoms with van der Waals surface area (Å²) < 4.78 is 37.5. The molecule has 0 spiro atoms. The van der Waals surface area contributed by atoms with E-state index in [4.69, 9.17) is 4.74 Å². The van der Waals surface area contributed by atoms with Gasteiger partial charge in [0, 0.05) is 6.07 Å². The van der Waals surface area contributed by atoms with E-state index in [0.717, 1.165) is 43.0 Å². The summed E-state index contributed by atoms with van der Waals surface area (Å²) in [6.07, 6.45) is 12.1. The van der Waals surface area contributed by atoms with Gasteiger partial charge in [0.15, 0.2) is 0 Å². The largest absolute Gasteiger partial charge is 1.00 e. The maximum Gasteiger partial charge on any atom is 1.00 e. The van der Waals surface area contributed by atoms with Gasteiger partial charge in [0.05, 0.1) is 4.90 Å². The first-order chi connectivity index (χ1) is 13.9. The summed E-state index contributed by atoms with van der Waals surface area (Å²) in [5.74, 6) is -0.00779.